The Bertz CT molecular complexity index is 330. The van der Waals surface area contributed by atoms with E-state index in [1.54, 1.807) is 0 Å². The van der Waals surface area contributed by atoms with Crippen LogP contribution < -0.4 is 0 Å². The predicted octanol–water partition coefficient (Wildman–Crippen LogP) is 5.17. The second-order valence-corrected chi connectivity index (χ2v) is 5.64. The van der Waals surface area contributed by atoms with E-state index in [1.165, 1.54) is 58.5 Å². The Morgan fingerprint density at radius 1 is 1.05 bits per heavy atom. The Labute approximate surface area is 130 Å². The smallest absolute Gasteiger partial charge is 0.348 e. The summed E-state index contributed by atoms with van der Waals surface area (Å²) in [5, 5.41) is 9.08. The van der Waals surface area contributed by atoms with Crippen LogP contribution in [0.5, 0.6) is 0 Å². The lowest BCUT2D eigenvalue weighted by Gasteiger charge is -2.13. The molecule has 0 aliphatic carbocycles. The van der Waals surface area contributed by atoms with Crippen LogP contribution in [0.1, 0.15) is 78.1 Å². The van der Waals surface area contributed by atoms with Crippen molar-refractivity contribution in [3.05, 3.63) is 11.6 Å². The van der Waals surface area contributed by atoms with E-state index in [9.17, 15) is 4.79 Å². The van der Waals surface area contributed by atoms with Gasteiger partial charge in [0.05, 0.1) is 7.11 Å². The summed E-state index contributed by atoms with van der Waals surface area (Å²) >= 11 is 0. The summed E-state index contributed by atoms with van der Waals surface area (Å²) in [6, 6.07) is 1.97. The number of nitrogens with zero attached hydrogens (tertiary/aromatic N) is 1. The van der Waals surface area contributed by atoms with E-state index in [0.29, 0.717) is 5.92 Å². The van der Waals surface area contributed by atoms with Crippen molar-refractivity contribution in [2.75, 3.05) is 7.11 Å². The van der Waals surface area contributed by atoms with Crippen molar-refractivity contribution in [3.8, 4) is 6.07 Å². The highest BCUT2D eigenvalue weighted by Crippen LogP contribution is 2.21. The van der Waals surface area contributed by atoms with E-state index in [-0.39, 0.29) is 5.57 Å². The Kier molecular flexibility index (Phi) is 12.8. The third kappa shape index (κ3) is 10.1. The molecular weight excluding hydrogens is 262 g/mol. The van der Waals surface area contributed by atoms with Gasteiger partial charge < -0.3 is 4.74 Å². The van der Waals surface area contributed by atoms with E-state index in [1.807, 2.05) is 12.1 Å². The maximum atomic E-state index is 11.5. The normalized spacial score (nSPS) is 11.5. The van der Waals surface area contributed by atoms with Gasteiger partial charge in [-0.2, -0.15) is 5.26 Å². The molecule has 0 radical (unpaired) electrons. The topological polar surface area (TPSA) is 50.1 Å². The van der Waals surface area contributed by atoms with Crippen molar-refractivity contribution in [1.29, 1.82) is 5.26 Å². The number of carbonyl (C=O) groups excluding carboxylic acids is 1. The molecule has 21 heavy (non-hydrogen) atoms. The summed E-state index contributed by atoms with van der Waals surface area (Å²) in [6.07, 6.45) is 13.7. The quantitative estimate of drug-likeness (QED) is 0.216. The van der Waals surface area contributed by atoms with Crippen molar-refractivity contribution in [2.24, 2.45) is 5.92 Å². The van der Waals surface area contributed by atoms with Gasteiger partial charge in [-0.05, 0) is 18.8 Å². The van der Waals surface area contributed by atoms with Crippen LogP contribution in [0.3, 0.4) is 0 Å². The summed E-state index contributed by atoms with van der Waals surface area (Å²) in [5.41, 5.74) is 0.161. The van der Waals surface area contributed by atoms with Crippen LogP contribution in [0.4, 0.5) is 0 Å². The minimum Gasteiger partial charge on any atom is -0.465 e. The minimum absolute atomic E-state index is 0.161. The Morgan fingerprint density at radius 2 is 1.57 bits per heavy atom. The van der Waals surface area contributed by atoms with Crippen LogP contribution in [0.25, 0.3) is 0 Å². The maximum absolute atomic E-state index is 11.5. The number of methoxy groups -OCH3 is 1. The lowest BCUT2D eigenvalue weighted by molar-refractivity contribution is -0.135. The van der Waals surface area contributed by atoms with E-state index >= 15 is 0 Å². The van der Waals surface area contributed by atoms with Crippen LogP contribution in [0, 0.1) is 17.2 Å². The molecule has 0 fully saturated rings. The van der Waals surface area contributed by atoms with Gasteiger partial charge in [0.2, 0.25) is 0 Å². The van der Waals surface area contributed by atoms with Gasteiger partial charge in [-0.3, -0.25) is 0 Å². The van der Waals surface area contributed by atoms with Crippen LogP contribution in [-0.2, 0) is 9.53 Å². The lowest BCUT2D eigenvalue weighted by Crippen LogP contribution is -2.07. The van der Waals surface area contributed by atoms with Crippen LogP contribution >= 0.6 is 0 Å². The van der Waals surface area contributed by atoms with Crippen molar-refractivity contribution in [3.63, 3.8) is 0 Å². The lowest BCUT2D eigenvalue weighted by atomic mass is 9.92. The fourth-order valence-corrected chi connectivity index (χ4v) is 2.47. The zero-order valence-electron chi connectivity index (χ0n) is 14.0. The van der Waals surface area contributed by atoms with Crippen molar-refractivity contribution >= 4 is 5.97 Å². The zero-order chi connectivity index (χ0) is 15.9. The molecule has 0 bridgehead atoms. The third-order valence-corrected chi connectivity index (χ3v) is 3.79. The van der Waals surface area contributed by atoms with Crippen molar-refractivity contribution in [2.45, 2.75) is 78.1 Å². The van der Waals surface area contributed by atoms with Gasteiger partial charge in [0, 0.05) is 0 Å². The summed E-state index contributed by atoms with van der Waals surface area (Å²) in [7, 11) is 1.32. The highest BCUT2D eigenvalue weighted by Gasteiger charge is 2.13. The van der Waals surface area contributed by atoms with E-state index < -0.39 is 5.97 Å². The molecule has 3 heteroatoms. The second kappa shape index (κ2) is 13.7. The van der Waals surface area contributed by atoms with Gasteiger partial charge in [0.15, 0.2) is 0 Å². The molecule has 0 aromatic heterocycles. The average molecular weight is 293 g/mol. The molecule has 0 saturated heterocycles. The van der Waals surface area contributed by atoms with E-state index in [4.69, 9.17) is 5.26 Å². The van der Waals surface area contributed by atoms with Gasteiger partial charge in [-0.1, -0.05) is 71.3 Å². The van der Waals surface area contributed by atoms with Gasteiger partial charge in [0.1, 0.15) is 11.6 Å². The summed E-state index contributed by atoms with van der Waals surface area (Å²) in [4.78, 5) is 11.5. The van der Waals surface area contributed by atoms with Crippen LogP contribution in [0.2, 0.25) is 0 Å². The molecule has 3 nitrogen and oxygen atoms in total. The Morgan fingerprint density at radius 3 is 1.95 bits per heavy atom. The Balaban J connectivity index is 4.50. The van der Waals surface area contributed by atoms with Crippen LogP contribution in [0.15, 0.2) is 11.6 Å². The highest BCUT2D eigenvalue weighted by atomic mass is 16.5. The fraction of sp³-hybridized carbons (Fsp3) is 0.778. The molecule has 0 spiro atoms. The number of allylic oxidation sites excluding steroid dienone is 1. The zero-order valence-corrected chi connectivity index (χ0v) is 14.0. The second-order valence-electron chi connectivity index (χ2n) is 5.64. The molecule has 0 amide bonds. The van der Waals surface area contributed by atoms with Gasteiger partial charge >= 0.3 is 5.97 Å². The van der Waals surface area contributed by atoms with Gasteiger partial charge in [0.25, 0.3) is 0 Å². The molecule has 0 rings (SSSR count). The van der Waals surface area contributed by atoms with Crippen LogP contribution in [-0.4, -0.2) is 13.1 Å². The first-order chi connectivity index (χ1) is 10.2. The Hall–Kier alpha value is -1.30. The highest BCUT2D eigenvalue weighted by molar-refractivity contribution is 5.92. The van der Waals surface area contributed by atoms with Gasteiger partial charge in [-0.15, -0.1) is 0 Å². The SMILES string of the molecule is CCCCCCC(/C=C(\C#N)C(=O)OC)CCCCCC. The number of unbranched alkanes of at least 4 members (excludes halogenated alkanes) is 6. The average Bonchev–Trinajstić information content (AvgIpc) is 2.51. The molecule has 0 heterocycles. The predicted molar refractivity (Wildman–Crippen MR) is 86.7 cm³/mol. The molecule has 0 aromatic carbocycles. The summed E-state index contributed by atoms with van der Waals surface area (Å²) in [5.74, 6) is -0.183. The number of hydrogen-bond acceptors (Lipinski definition) is 3. The number of nitriles is 1. The van der Waals surface area contributed by atoms with Crippen molar-refractivity contribution < 1.29 is 9.53 Å². The molecule has 0 unspecified atom stereocenters. The third-order valence-electron chi connectivity index (χ3n) is 3.79. The number of carbonyl (C=O) groups is 1. The van der Waals surface area contributed by atoms with Crippen molar-refractivity contribution in [1.82, 2.24) is 0 Å². The number of ether oxygens (including phenoxy) is 1. The molecule has 120 valence electrons. The monoisotopic (exact) mass is 293 g/mol. The standard InChI is InChI=1S/C18H31NO2/c1-4-6-8-10-12-16(13-11-9-7-5-2)14-17(15-19)18(20)21-3/h14,16H,4-13H2,1-3H3/b17-14+. The first kappa shape index (κ1) is 19.7. The molecule has 0 N–H and O–H groups in total. The number of hydrogen-bond donors (Lipinski definition) is 0. The molecule has 0 aromatic rings. The van der Waals surface area contributed by atoms with E-state index in [0.717, 1.165) is 12.8 Å². The minimum atomic E-state index is -0.510. The first-order valence-corrected chi connectivity index (χ1v) is 8.39. The number of rotatable bonds is 12. The first-order valence-electron chi connectivity index (χ1n) is 8.39. The van der Waals surface area contributed by atoms with E-state index in [2.05, 4.69) is 18.6 Å². The summed E-state index contributed by atoms with van der Waals surface area (Å²) < 4.78 is 4.66. The maximum Gasteiger partial charge on any atom is 0.348 e. The molecule has 0 aliphatic heterocycles. The molecule has 0 atom stereocenters. The fourth-order valence-electron chi connectivity index (χ4n) is 2.47. The number of esters is 1. The molecular formula is C18H31NO2. The largest absolute Gasteiger partial charge is 0.465 e. The molecule has 0 saturated carbocycles. The van der Waals surface area contributed by atoms with Gasteiger partial charge in [-0.25, -0.2) is 4.79 Å². The molecule has 0 aliphatic rings. The summed E-state index contributed by atoms with van der Waals surface area (Å²) in [6.45, 7) is 4.40.